The Hall–Kier alpha value is -2.37. The lowest BCUT2D eigenvalue weighted by atomic mass is 10.0. The smallest absolute Gasteiger partial charge is 0.253 e. The van der Waals surface area contributed by atoms with Gasteiger partial charge in [-0.1, -0.05) is 48.9 Å². The molecule has 1 atom stereocenters. The van der Waals surface area contributed by atoms with Gasteiger partial charge in [0.2, 0.25) is 5.91 Å². The maximum atomic E-state index is 12.4. The number of halogens is 1. The molecule has 27 heavy (non-hydrogen) atoms. The van der Waals surface area contributed by atoms with Crippen molar-refractivity contribution >= 4 is 29.1 Å². The molecule has 0 heterocycles. The van der Waals surface area contributed by atoms with Crippen molar-refractivity contribution in [3.05, 3.63) is 64.7 Å². The van der Waals surface area contributed by atoms with E-state index >= 15 is 0 Å². The topological polar surface area (TPSA) is 84.2 Å². The first kappa shape index (κ1) is 20.9. The molecule has 2 aromatic rings. The van der Waals surface area contributed by atoms with Gasteiger partial charge in [0.05, 0.1) is 16.6 Å². The molecule has 0 aliphatic rings. The lowest BCUT2D eigenvalue weighted by Gasteiger charge is -2.24. The summed E-state index contributed by atoms with van der Waals surface area (Å²) in [4.78, 5) is 24.7. The number of anilines is 1. The zero-order valence-corrected chi connectivity index (χ0v) is 16.6. The van der Waals surface area contributed by atoms with E-state index in [1.807, 2.05) is 51.1 Å². The van der Waals surface area contributed by atoms with Crippen LogP contribution in [0.5, 0.6) is 0 Å². The number of nitrogens with two attached hydrogens (primary N) is 1. The first-order valence-corrected chi connectivity index (χ1v) is 9.32. The van der Waals surface area contributed by atoms with E-state index in [0.29, 0.717) is 17.7 Å². The fourth-order valence-corrected chi connectivity index (χ4v) is 2.70. The van der Waals surface area contributed by atoms with Crippen molar-refractivity contribution < 1.29 is 9.59 Å². The van der Waals surface area contributed by atoms with E-state index in [2.05, 4.69) is 10.6 Å². The summed E-state index contributed by atoms with van der Waals surface area (Å²) in [6, 6.07) is 13.7. The van der Waals surface area contributed by atoms with Crippen LogP contribution < -0.4 is 16.4 Å². The summed E-state index contributed by atoms with van der Waals surface area (Å²) in [6.07, 6.45) is 1.23. The molecule has 0 saturated carbocycles. The van der Waals surface area contributed by atoms with E-state index in [1.165, 1.54) is 0 Å². The number of nitrogens with one attached hydrogen (secondary N) is 2. The minimum atomic E-state index is -0.681. The Balaban J connectivity index is 2.02. The summed E-state index contributed by atoms with van der Waals surface area (Å²) in [5.74, 6) is -0.551. The molecule has 0 aromatic heterocycles. The Kier molecular flexibility index (Phi) is 6.99. The zero-order chi connectivity index (χ0) is 20.0. The third-order valence-electron chi connectivity index (χ3n) is 4.45. The SMILES string of the molecule is CCC(C)(C)NC(=O)c1ccc(NC(=O)[C@@H](N)Cc2ccccc2)cc1Cl. The van der Waals surface area contributed by atoms with Gasteiger partial charge in [-0.25, -0.2) is 0 Å². The molecule has 2 aromatic carbocycles. The van der Waals surface area contributed by atoms with Crippen LogP contribution in [0.4, 0.5) is 5.69 Å². The van der Waals surface area contributed by atoms with Crippen LogP contribution in [0.1, 0.15) is 43.1 Å². The number of benzene rings is 2. The van der Waals surface area contributed by atoms with Crippen molar-refractivity contribution in [2.75, 3.05) is 5.32 Å². The third kappa shape index (κ3) is 6.08. The summed E-state index contributed by atoms with van der Waals surface area (Å²) in [7, 11) is 0. The van der Waals surface area contributed by atoms with Gasteiger partial charge < -0.3 is 16.4 Å². The van der Waals surface area contributed by atoms with Crippen LogP contribution in [-0.4, -0.2) is 23.4 Å². The molecule has 0 unspecified atom stereocenters. The molecule has 2 rings (SSSR count). The number of hydrogen-bond donors (Lipinski definition) is 3. The van der Waals surface area contributed by atoms with Crippen LogP contribution in [0.3, 0.4) is 0 Å². The van der Waals surface area contributed by atoms with Gasteiger partial charge >= 0.3 is 0 Å². The molecule has 0 aliphatic carbocycles. The van der Waals surface area contributed by atoms with E-state index in [0.717, 1.165) is 12.0 Å². The van der Waals surface area contributed by atoms with Crippen molar-refractivity contribution in [3.63, 3.8) is 0 Å². The van der Waals surface area contributed by atoms with Crippen LogP contribution in [0.25, 0.3) is 0 Å². The van der Waals surface area contributed by atoms with E-state index in [9.17, 15) is 9.59 Å². The van der Waals surface area contributed by atoms with Crippen molar-refractivity contribution in [1.29, 1.82) is 0 Å². The van der Waals surface area contributed by atoms with Crippen molar-refractivity contribution in [3.8, 4) is 0 Å². The molecule has 144 valence electrons. The molecular weight excluding hydrogens is 362 g/mol. The summed E-state index contributed by atoms with van der Waals surface area (Å²) in [5.41, 5.74) is 7.52. The lowest BCUT2D eigenvalue weighted by molar-refractivity contribution is -0.117. The Morgan fingerprint density at radius 1 is 1.15 bits per heavy atom. The minimum Gasteiger partial charge on any atom is -0.347 e. The molecule has 0 radical (unpaired) electrons. The van der Waals surface area contributed by atoms with E-state index in [-0.39, 0.29) is 22.4 Å². The normalized spacial score (nSPS) is 12.3. The lowest BCUT2D eigenvalue weighted by Crippen LogP contribution is -2.42. The summed E-state index contributed by atoms with van der Waals surface area (Å²) >= 11 is 6.25. The second kappa shape index (κ2) is 9.02. The standard InChI is InChI=1S/C21H26ClN3O2/c1-4-21(2,3)25-19(26)16-11-10-15(13-17(16)22)24-20(27)18(23)12-14-8-6-5-7-9-14/h5-11,13,18H,4,12,23H2,1-3H3,(H,24,27)(H,25,26)/t18-/m0/s1. The van der Waals surface area contributed by atoms with Gasteiger partial charge in [-0.2, -0.15) is 0 Å². The molecule has 0 spiro atoms. The average molecular weight is 388 g/mol. The van der Waals surface area contributed by atoms with Crippen molar-refractivity contribution in [2.45, 2.75) is 45.2 Å². The highest BCUT2D eigenvalue weighted by Crippen LogP contribution is 2.22. The highest BCUT2D eigenvalue weighted by molar-refractivity contribution is 6.34. The maximum absolute atomic E-state index is 12.4. The second-order valence-corrected chi connectivity index (χ2v) is 7.58. The molecular formula is C21H26ClN3O2. The average Bonchev–Trinajstić information content (AvgIpc) is 2.62. The number of carbonyl (C=O) groups is 2. The van der Waals surface area contributed by atoms with Crippen molar-refractivity contribution in [1.82, 2.24) is 5.32 Å². The molecule has 0 aliphatic heterocycles. The monoisotopic (exact) mass is 387 g/mol. The number of rotatable bonds is 7. The van der Waals surface area contributed by atoms with Crippen LogP contribution in [0.2, 0.25) is 5.02 Å². The Morgan fingerprint density at radius 2 is 1.81 bits per heavy atom. The molecule has 0 fully saturated rings. The quantitative estimate of drug-likeness (QED) is 0.676. The van der Waals surface area contributed by atoms with Gasteiger partial charge in [0, 0.05) is 11.2 Å². The first-order valence-electron chi connectivity index (χ1n) is 8.94. The highest BCUT2D eigenvalue weighted by Gasteiger charge is 2.21. The van der Waals surface area contributed by atoms with Crippen LogP contribution in [0, 0.1) is 0 Å². The largest absolute Gasteiger partial charge is 0.347 e. The minimum absolute atomic E-state index is 0.245. The molecule has 6 heteroatoms. The van der Waals surface area contributed by atoms with Gasteiger partial charge in [0.1, 0.15) is 0 Å². The molecule has 2 amide bonds. The van der Waals surface area contributed by atoms with E-state index in [4.69, 9.17) is 17.3 Å². The summed E-state index contributed by atoms with van der Waals surface area (Å²) in [5, 5.41) is 5.96. The van der Waals surface area contributed by atoms with Gasteiger partial charge in [-0.15, -0.1) is 0 Å². The summed E-state index contributed by atoms with van der Waals surface area (Å²) < 4.78 is 0. The van der Waals surface area contributed by atoms with Crippen LogP contribution in [0.15, 0.2) is 48.5 Å². The van der Waals surface area contributed by atoms with Gasteiger partial charge in [0.25, 0.3) is 5.91 Å². The third-order valence-corrected chi connectivity index (χ3v) is 4.76. The van der Waals surface area contributed by atoms with Gasteiger partial charge in [-0.3, -0.25) is 9.59 Å². The zero-order valence-electron chi connectivity index (χ0n) is 15.9. The first-order chi connectivity index (χ1) is 12.7. The fourth-order valence-electron chi connectivity index (χ4n) is 2.44. The highest BCUT2D eigenvalue weighted by atomic mass is 35.5. The van der Waals surface area contributed by atoms with Crippen LogP contribution >= 0.6 is 11.6 Å². The fraction of sp³-hybridized carbons (Fsp3) is 0.333. The summed E-state index contributed by atoms with van der Waals surface area (Å²) in [6.45, 7) is 5.89. The van der Waals surface area contributed by atoms with Gasteiger partial charge in [0.15, 0.2) is 0 Å². The van der Waals surface area contributed by atoms with E-state index in [1.54, 1.807) is 18.2 Å². The molecule has 5 nitrogen and oxygen atoms in total. The number of hydrogen-bond acceptors (Lipinski definition) is 3. The number of carbonyl (C=O) groups excluding carboxylic acids is 2. The second-order valence-electron chi connectivity index (χ2n) is 7.17. The molecule has 0 saturated heterocycles. The molecule has 4 N–H and O–H groups in total. The van der Waals surface area contributed by atoms with E-state index < -0.39 is 6.04 Å². The Labute approximate surface area is 165 Å². The Bertz CT molecular complexity index is 806. The number of amides is 2. The van der Waals surface area contributed by atoms with Crippen LogP contribution in [-0.2, 0) is 11.2 Å². The predicted molar refractivity (Wildman–Crippen MR) is 110 cm³/mol. The molecule has 0 bridgehead atoms. The predicted octanol–water partition coefficient (Wildman–Crippen LogP) is 3.77. The van der Waals surface area contributed by atoms with Crippen molar-refractivity contribution in [2.24, 2.45) is 5.73 Å². The Morgan fingerprint density at radius 3 is 2.41 bits per heavy atom. The van der Waals surface area contributed by atoms with Gasteiger partial charge in [-0.05, 0) is 50.5 Å². The maximum Gasteiger partial charge on any atom is 0.253 e.